The van der Waals surface area contributed by atoms with Crippen LogP contribution in [-0.2, 0) is 11.0 Å². The van der Waals surface area contributed by atoms with Crippen LogP contribution in [0.5, 0.6) is 0 Å². The summed E-state index contributed by atoms with van der Waals surface area (Å²) in [4.78, 5) is 16.8. The Morgan fingerprint density at radius 2 is 1.50 bits per heavy atom. The lowest BCUT2D eigenvalue weighted by atomic mass is 10.0. The lowest BCUT2D eigenvalue weighted by Crippen LogP contribution is -2.16. The second-order valence-electron chi connectivity index (χ2n) is 6.09. The van der Waals surface area contributed by atoms with Crippen molar-refractivity contribution >= 4 is 11.5 Å². The van der Waals surface area contributed by atoms with E-state index in [0.717, 1.165) is 17.2 Å². The number of rotatable bonds is 5. The number of aromatic nitrogens is 2. The summed E-state index contributed by atoms with van der Waals surface area (Å²) in [6.07, 6.45) is -3.96. The molecule has 7 heteroatoms. The first-order chi connectivity index (χ1) is 13.4. The first-order valence-electron chi connectivity index (χ1n) is 8.45. The van der Waals surface area contributed by atoms with E-state index in [0.29, 0.717) is 11.9 Å². The van der Waals surface area contributed by atoms with E-state index < -0.39 is 23.6 Å². The second-order valence-corrected chi connectivity index (χ2v) is 6.09. The molecule has 0 saturated carbocycles. The van der Waals surface area contributed by atoms with Crippen LogP contribution in [0.4, 0.5) is 13.2 Å². The molecule has 0 aliphatic heterocycles. The molecule has 0 spiro atoms. The number of ketones is 1. The number of hydrogen-bond donors (Lipinski definition) is 0. The van der Waals surface area contributed by atoms with Gasteiger partial charge in [-0.2, -0.15) is 23.4 Å². The van der Waals surface area contributed by atoms with E-state index >= 15 is 0 Å². The van der Waals surface area contributed by atoms with Crippen LogP contribution >= 0.6 is 0 Å². The van der Waals surface area contributed by atoms with E-state index in [9.17, 15) is 18.0 Å². The number of alkyl halides is 3. The van der Waals surface area contributed by atoms with Crippen molar-refractivity contribution in [2.24, 2.45) is 4.99 Å². The van der Waals surface area contributed by atoms with Crippen molar-refractivity contribution in [2.75, 3.05) is 0 Å². The third-order valence-corrected chi connectivity index (χ3v) is 4.02. The molecule has 2 aromatic carbocycles. The zero-order chi connectivity index (χ0) is 20.1. The monoisotopic (exact) mass is 383 g/mol. The van der Waals surface area contributed by atoms with Crippen LogP contribution in [0.1, 0.15) is 35.3 Å². The molecule has 4 nitrogen and oxygen atoms in total. The molecule has 1 atom stereocenters. The maximum absolute atomic E-state index is 13.0. The summed E-state index contributed by atoms with van der Waals surface area (Å²) < 4.78 is 39.1. The number of Topliss-reactive ketones (excluding diaryl/α,β-unsaturated/α-hetero) is 1. The highest BCUT2D eigenvalue weighted by molar-refractivity contribution is 6.13. The number of carbonyl (C=O) groups excluding carboxylic acids is 1. The van der Waals surface area contributed by atoms with Crippen LogP contribution in [-0.4, -0.2) is 21.7 Å². The Labute approximate surface area is 159 Å². The number of hydrogen-bond acceptors (Lipinski definition) is 4. The van der Waals surface area contributed by atoms with E-state index in [1.54, 1.807) is 0 Å². The molecule has 3 rings (SSSR count). The molecule has 0 N–H and O–H groups in total. The Hall–Kier alpha value is -3.35. The summed E-state index contributed by atoms with van der Waals surface area (Å²) in [5, 5.41) is 7.15. The molecular weight excluding hydrogens is 367 g/mol. The Morgan fingerprint density at radius 3 is 1.96 bits per heavy atom. The molecule has 0 saturated heterocycles. The molecule has 0 bridgehead atoms. The SMILES string of the molecule is CC(=O)C(N=C(c1ccccc1)c1ccccc1)c1cc(C(F)(F)F)cnn1. The molecule has 1 aromatic heterocycles. The highest BCUT2D eigenvalue weighted by Gasteiger charge is 2.33. The fraction of sp³-hybridized carbons (Fsp3) is 0.143. The van der Waals surface area contributed by atoms with Crippen LogP contribution in [0.2, 0.25) is 0 Å². The van der Waals surface area contributed by atoms with Gasteiger partial charge in [-0.15, -0.1) is 0 Å². The molecule has 0 aliphatic carbocycles. The minimum atomic E-state index is -4.59. The van der Waals surface area contributed by atoms with Crippen LogP contribution in [0, 0.1) is 0 Å². The normalized spacial score (nSPS) is 12.3. The van der Waals surface area contributed by atoms with Crippen LogP contribution in [0.3, 0.4) is 0 Å². The number of carbonyl (C=O) groups is 1. The van der Waals surface area contributed by atoms with Crippen molar-refractivity contribution in [1.29, 1.82) is 0 Å². The van der Waals surface area contributed by atoms with Crippen molar-refractivity contribution in [2.45, 2.75) is 19.1 Å². The number of nitrogens with zero attached hydrogens (tertiary/aromatic N) is 3. The van der Waals surface area contributed by atoms with E-state index in [4.69, 9.17) is 0 Å². The predicted octanol–water partition coefficient (Wildman–Crippen LogP) is 4.66. The summed E-state index contributed by atoms with van der Waals surface area (Å²) in [6.45, 7) is 1.27. The van der Waals surface area contributed by atoms with Gasteiger partial charge in [0, 0.05) is 11.1 Å². The zero-order valence-corrected chi connectivity index (χ0v) is 14.9. The highest BCUT2D eigenvalue weighted by atomic mass is 19.4. The minimum Gasteiger partial charge on any atom is -0.297 e. The lowest BCUT2D eigenvalue weighted by molar-refractivity contribution is -0.138. The van der Waals surface area contributed by atoms with Crippen molar-refractivity contribution in [3.05, 3.63) is 95.3 Å². The van der Waals surface area contributed by atoms with E-state index in [-0.39, 0.29) is 5.69 Å². The maximum atomic E-state index is 13.0. The smallest absolute Gasteiger partial charge is 0.297 e. The van der Waals surface area contributed by atoms with Gasteiger partial charge in [-0.05, 0) is 13.0 Å². The Morgan fingerprint density at radius 1 is 0.964 bits per heavy atom. The summed E-state index contributed by atoms with van der Waals surface area (Å²) in [5.74, 6) is -0.432. The average Bonchev–Trinajstić information content (AvgIpc) is 2.69. The van der Waals surface area contributed by atoms with Gasteiger partial charge in [0.25, 0.3) is 0 Å². The van der Waals surface area contributed by atoms with Gasteiger partial charge in [0.2, 0.25) is 0 Å². The number of benzene rings is 2. The van der Waals surface area contributed by atoms with E-state index in [1.807, 2.05) is 60.7 Å². The van der Waals surface area contributed by atoms with Crippen LogP contribution in [0.15, 0.2) is 77.9 Å². The van der Waals surface area contributed by atoms with Gasteiger partial charge in [-0.3, -0.25) is 9.79 Å². The molecule has 0 fully saturated rings. The van der Waals surface area contributed by atoms with Crippen molar-refractivity contribution in [3.8, 4) is 0 Å². The number of aliphatic imine (C=N–C) groups is 1. The molecule has 0 radical (unpaired) electrons. The third-order valence-electron chi connectivity index (χ3n) is 4.02. The minimum absolute atomic E-state index is 0.147. The van der Waals surface area contributed by atoms with Gasteiger partial charge in [0.05, 0.1) is 23.2 Å². The molecule has 1 unspecified atom stereocenters. The first-order valence-corrected chi connectivity index (χ1v) is 8.45. The summed E-state index contributed by atoms with van der Waals surface area (Å²) in [5.41, 5.74) is 0.840. The quantitative estimate of drug-likeness (QED) is 0.602. The zero-order valence-electron chi connectivity index (χ0n) is 14.9. The fourth-order valence-electron chi connectivity index (χ4n) is 2.67. The summed E-state index contributed by atoms with van der Waals surface area (Å²) in [6, 6.07) is 17.9. The molecule has 1 heterocycles. The Balaban J connectivity index is 2.14. The second kappa shape index (κ2) is 8.12. The topological polar surface area (TPSA) is 55.2 Å². The molecule has 3 aromatic rings. The molecule has 0 amide bonds. The van der Waals surface area contributed by atoms with Crippen LogP contribution in [0.25, 0.3) is 0 Å². The lowest BCUT2D eigenvalue weighted by Gasteiger charge is -2.14. The van der Waals surface area contributed by atoms with E-state index in [2.05, 4.69) is 15.2 Å². The summed E-state index contributed by atoms with van der Waals surface area (Å²) in [7, 11) is 0. The van der Waals surface area contributed by atoms with Gasteiger partial charge in [0.15, 0.2) is 11.8 Å². The van der Waals surface area contributed by atoms with Gasteiger partial charge >= 0.3 is 6.18 Å². The third kappa shape index (κ3) is 4.49. The standard InChI is InChI=1S/C21H16F3N3O/c1-14(28)19(18-12-17(13-25-27-18)21(22,23)24)26-20(15-8-4-2-5-9-15)16-10-6-3-7-11-16/h2-13,19H,1H3. The van der Waals surface area contributed by atoms with Gasteiger partial charge in [-0.25, -0.2) is 0 Å². The van der Waals surface area contributed by atoms with Crippen molar-refractivity contribution in [3.63, 3.8) is 0 Å². The molecule has 142 valence electrons. The Kier molecular flexibility index (Phi) is 5.63. The fourth-order valence-corrected chi connectivity index (χ4v) is 2.67. The molecule has 28 heavy (non-hydrogen) atoms. The maximum Gasteiger partial charge on any atom is 0.418 e. The average molecular weight is 383 g/mol. The van der Waals surface area contributed by atoms with Gasteiger partial charge in [-0.1, -0.05) is 60.7 Å². The van der Waals surface area contributed by atoms with Crippen LogP contribution < -0.4 is 0 Å². The molecular formula is C21H16F3N3O. The largest absolute Gasteiger partial charge is 0.418 e. The number of halogens is 3. The van der Waals surface area contributed by atoms with Gasteiger partial charge in [0.1, 0.15) is 0 Å². The predicted molar refractivity (Wildman–Crippen MR) is 99.0 cm³/mol. The summed E-state index contributed by atoms with van der Waals surface area (Å²) >= 11 is 0. The van der Waals surface area contributed by atoms with Crippen molar-refractivity contribution < 1.29 is 18.0 Å². The first kappa shape index (κ1) is 19.4. The Bertz CT molecular complexity index is 945. The van der Waals surface area contributed by atoms with E-state index in [1.165, 1.54) is 6.92 Å². The van der Waals surface area contributed by atoms with Gasteiger partial charge < -0.3 is 0 Å². The highest BCUT2D eigenvalue weighted by Crippen LogP contribution is 2.30. The van der Waals surface area contributed by atoms with Crippen molar-refractivity contribution in [1.82, 2.24) is 10.2 Å². The molecule has 0 aliphatic rings.